The maximum Gasteiger partial charge on any atom is 0.573 e. The van der Waals surface area contributed by atoms with Crippen molar-refractivity contribution in [3.8, 4) is 5.75 Å². The number of fused-ring (bicyclic) bond motifs is 1. The number of carbonyl (C=O) groups is 1. The summed E-state index contributed by atoms with van der Waals surface area (Å²) in [6.45, 7) is 2.64. The summed E-state index contributed by atoms with van der Waals surface area (Å²) in [5.41, 5.74) is 3.19. The summed E-state index contributed by atoms with van der Waals surface area (Å²) < 4.78 is 46.6. The number of ether oxygens (including phenoxy) is 2. The van der Waals surface area contributed by atoms with Gasteiger partial charge in [-0.3, -0.25) is 4.79 Å². The van der Waals surface area contributed by atoms with Crippen LogP contribution in [-0.2, 0) is 4.74 Å². The fourth-order valence-electron chi connectivity index (χ4n) is 5.03. The van der Waals surface area contributed by atoms with Crippen molar-refractivity contribution in [2.24, 2.45) is 0 Å². The van der Waals surface area contributed by atoms with Crippen molar-refractivity contribution in [2.45, 2.75) is 50.3 Å². The van der Waals surface area contributed by atoms with Gasteiger partial charge in [-0.25, -0.2) is 9.97 Å². The maximum atomic E-state index is 13.0. The van der Waals surface area contributed by atoms with Gasteiger partial charge in [-0.1, -0.05) is 0 Å². The third kappa shape index (κ3) is 5.42. The van der Waals surface area contributed by atoms with E-state index in [4.69, 9.17) is 9.72 Å². The van der Waals surface area contributed by atoms with Gasteiger partial charge < -0.3 is 19.4 Å². The quantitative estimate of drug-likeness (QED) is 0.549. The first-order chi connectivity index (χ1) is 16.9. The molecule has 35 heavy (non-hydrogen) atoms. The lowest BCUT2D eigenvalue weighted by atomic mass is 9.92. The number of amides is 1. The number of hydrogen-bond donors (Lipinski definition) is 1. The summed E-state index contributed by atoms with van der Waals surface area (Å²) in [6, 6.07) is 7.11. The van der Waals surface area contributed by atoms with Crippen molar-refractivity contribution in [1.29, 1.82) is 0 Å². The zero-order valence-corrected chi connectivity index (χ0v) is 19.2. The Bertz CT molecular complexity index is 1170. The number of aromatic nitrogens is 3. The Morgan fingerprint density at radius 3 is 2.54 bits per heavy atom. The zero-order chi connectivity index (χ0) is 24.4. The molecule has 5 rings (SSSR count). The predicted molar refractivity (Wildman–Crippen MR) is 122 cm³/mol. The second-order valence-electron chi connectivity index (χ2n) is 9.10. The SMILES string of the molecule is O=C(c1ccc(OC(F)(F)F)cc1)N1CCCC(c2ccnc3[nH]c(C4CCOCC4)nc23)CC1. The van der Waals surface area contributed by atoms with Crippen molar-refractivity contribution in [2.75, 3.05) is 26.3 Å². The molecular formula is C25H27F3N4O3. The van der Waals surface area contributed by atoms with Gasteiger partial charge in [0.05, 0.1) is 0 Å². The smallest absolute Gasteiger partial charge is 0.406 e. The lowest BCUT2D eigenvalue weighted by molar-refractivity contribution is -0.274. The average molecular weight is 489 g/mol. The number of benzene rings is 1. The second kappa shape index (κ2) is 9.85. The normalized spacial score (nSPS) is 20.1. The number of pyridine rings is 1. The fourth-order valence-corrected chi connectivity index (χ4v) is 5.03. The van der Waals surface area contributed by atoms with E-state index in [1.54, 1.807) is 4.90 Å². The third-order valence-corrected chi connectivity index (χ3v) is 6.83. The highest BCUT2D eigenvalue weighted by atomic mass is 19.4. The molecule has 1 unspecified atom stereocenters. The van der Waals surface area contributed by atoms with Crippen LogP contribution < -0.4 is 4.74 Å². The van der Waals surface area contributed by atoms with Crippen LogP contribution in [-0.4, -0.2) is 58.4 Å². The molecule has 1 aromatic carbocycles. The molecule has 2 aromatic heterocycles. The number of aromatic amines is 1. The summed E-state index contributed by atoms with van der Waals surface area (Å²) in [5.74, 6) is 1.02. The number of hydrogen-bond acceptors (Lipinski definition) is 5. The summed E-state index contributed by atoms with van der Waals surface area (Å²) in [7, 11) is 0. The fraction of sp³-hybridized carbons (Fsp3) is 0.480. The number of nitrogens with one attached hydrogen (secondary N) is 1. The second-order valence-corrected chi connectivity index (χ2v) is 9.10. The van der Waals surface area contributed by atoms with E-state index in [2.05, 4.69) is 14.7 Å². The highest BCUT2D eigenvalue weighted by molar-refractivity contribution is 5.94. The van der Waals surface area contributed by atoms with Crippen LogP contribution >= 0.6 is 0 Å². The van der Waals surface area contributed by atoms with Gasteiger partial charge in [0.2, 0.25) is 0 Å². The number of carbonyl (C=O) groups excluding carboxylic acids is 1. The first-order valence-corrected chi connectivity index (χ1v) is 11.9. The number of nitrogens with zero attached hydrogens (tertiary/aromatic N) is 3. The molecule has 186 valence electrons. The Morgan fingerprint density at radius 2 is 1.80 bits per heavy atom. The number of imidazole rings is 1. The number of halogens is 3. The molecule has 1 amide bonds. The molecule has 3 aromatic rings. The zero-order valence-electron chi connectivity index (χ0n) is 19.2. The van der Waals surface area contributed by atoms with Crippen LogP contribution in [0.2, 0.25) is 0 Å². The van der Waals surface area contributed by atoms with Crippen LogP contribution in [0.15, 0.2) is 36.5 Å². The molecule has 7 nitrogen and oxygen atoms in total. The minimum Gasteiger partial charge on any atom is -0.406 e. The molecule has 0 bridgehead atoms. The molecule has 2 aliphatic rings. The summed E-state index contributed by atoms with van der Waals surface area (Å²) >= 11 is 0. The number of H-pyrrole nitrogens is 1. The highest BCUT2D eigenvalue weighted by Gasteiger charge is 2.31. The van der Waals surface area contributed by atoms with E-state index in [0.29, 0.717) is 24.6 Å². The largest absolute Gasteiger partial charge is 0.573 e. The Morgan fingerprint density at radius 1 is 1.03 bits per heavy atom. The van der Waals surface area contributed by atoms with Crippen molar-refractivity contribution in [3.63, 3.8) is 0 Å². The minimum absolute atomic E-state index is 0.189. The maximum absolute atomic E-state index is 13.0. The molecule has 0 spiro atoms. The van der Waals surface area contributed by atoms with Crippen molar-refractivity contribution in [1.82, 2.24) is 19.9 Å². The van der Waals surface area contributed by atoms with Gasteiger partial charge in [-0.15, -0.1) is 13.2 Å². The topological polar surface area (TPSA) is 80.3 Å². The highest BCUT2D eigenvalue weighted by Crippen LogP contribution is 2.34. The Hall–Kier alpha value is -3.14. The van der Waals surface area contributed by atoms with Crippen molar-refractivity contribution < 1.29 is 27.4 Å². The van der Waals surface area contributed by atoms with Gasteiger partial charge in [0.1, 0.15) is 17.1 Å². The monoisotopic (exact) mass is 488 g/mol. The van der Waals surface area contributed by atoms with Gasteiger partial charge >= 0.3 is 6.36 Å². The van der Waals surface area contributed by atoms with Crippen LogP contribution in [0.5, 0.6) is 5.75 Å². The predicted octanol–water partition coefficient (Wildman–Crippen LogP) is 5.16. The van der Waals surface area contributed by atoms with E-state index < -0.39 is 6.36 Å². The van der Waals surface area contributed by atoms with Gasteiger partial charge in [0.25, 0.3) is 5.91 Å². The van der Waals surface area contributed by atoms with E-state index >= 15 is 0 Å². The first-order valence-electron chi connectivity index (χ1n) is 11.9. The van der Waals surface area contributed by atoms with Gasteiger partial charge in [0, 0.05) is 44.0 Å². The van der Waals surface area contributed by atoms with E-state index in [1.165, 1.54) is 24.3 Å². The van der Waals surface area contributed by atoms with Gasteiger partial charge in [0.15, 0.2) is 5.65 Å². The molecule has 1 N–H and O–H groups in total. The number of rotatable bonds is 4. The molecule has 0 aliphatic carbocycles. The molecule has 0 saturated carbocycles. The Balaban J connectivity index is 1.28. The Kier molecular flexibility index (Phi) is 6.64. The molecule has 1 atom stereocenters. The lowest BCUT2D eigenvalue weighted by Crippen LogP contribution is -2.32. The lowest BCUT2D eigenvalue weighted by Gasteiger charge is -2.21. The molecule has 2 fully saturated rings. The molecular weight excluding hydrogens is 461 g/mol. The van der Waals surface area contributed by atoms with Crippen LogP contribution in [0.25, 0.3) is 11.2 Å². The third-order valence-electron chi connectivity index (χ3n) is 6.83. The molecule has 0 radical (unpaired) electrons. The number of likely N-dealkylation sites (tertiary alicyclic amines) is 1. The van der Waals surface area contributed by atoms with E-state index in [1.807, 2.05) is 12.3 Å². The Labute approximate surface area is 200 Å². The van der Waals surface area contributed by atoms with Gasteiger partial charge in [-0.05, 0) is 73.9 Å². The van der Waals surface area contributed by atoms with Crippen molar-refractivity contribution >= 4 is 17.1 Å². The summed E-state index contributed by atoms with van der Waals surface area (Å²) in [5, 5.41) is 0. The van der Waals surface area contributed by atoms with Crippen LogP contribution in [0.1, 0.15) is 65.7 Å². The van der Waals surface area contributed by atoms with E-state index in [0.717, 1.165) is 67.9 Å². The molecule has 2 aliphatic heterocycles. The van der Waals surface area contributed by atoms with Gasteiger partial charge in [-0.2, -0.15) is 0 Å². The van der Waals surface area contributed by atoms with Crippen LogP contribution in [0.4, 0.5) is 13.2 Å². The first kappa shape index (κ1) is 23.6. The standard InChI is InChI=1S/C25H27F3N4O3/c26-25(27,28)35-19-5-3-18(4-6-19)24(33)32-12-1-2-16(8-13-32)20-7-11-29-23-21(20)30-22(31-23)17-9-14-34-15-10-17/h3-7,11,16-17H,1-2,8-10,12-15H2,(H,29,30,31). The van der Waals surface area contributed by atoms with E-state index in [-0.39, 0.29) is 17.6 Å². The molecule has 2 saturated heterocycles. The summed E-state index contributed by atoms with van der Waals surface area (Å²) in [4.78, 5) is 27.6. The van der Waals surface area contributed by atoms with E-state index in [9.17, 15) is 18.0 Å². The van der Waals surface area contributed by atoms with Crippen LogP contribution in [0, 0.1) is 0 Å². The average Bonchev–Trinajstić information content (AvgIpc) is 3.14. The molecule has 4 heterocycles. The van der Waals surface area contributed by atoms with Crippen molar-refractivity contribution in [3.05, 3.63) is 53.5 Å². The minimum atomic E-state index is -4.76. The van der Waals surface area contributed by atoms with Crippen LogP contribution in [0.3, 0.4) is 0 Å². The summed E-state index contributed by atoms with van der Waals surface area (Å²) in [6.07, 6.45) is 1.45. The number of alkyl halides is 3. The molecule has 10 heteroatoms.